The summed E-state index contributed by atoms with van der Waals surface area (Å²) < 4.78 is 4.87. The Kier molecular flexibility index (Phi) is 4.91. The number of amides is 1. The highest BCUT2D eigenvalue weighted by molar-refractivity contribution is 7.98. The summed E-state index contributed by atoms with van der Waals surface area (Å²) in [6, 6.07) is 2.19. The van der Waals surface area contributed by atoms with Gasteiger partial charge in [0.1, 0.15) is 6.04 Å². The topological polar surface area (TPSA) is 79.5 Å². The molecule has 0 saturated carbocycles. The highest BCUT2D eigenvalue weighted by Crippen LogP contribution is 2.04. The fraction of sp³-hybridized carbons (Fsp3) is 0.400. The lowest BCUT2D eigenvalue weighted by molar-refractivity contribution is -0.139. The zero-order chi connectivity index (χ0) is 12.0. The van der Waals surface area contributed by atoms with Crippen molar-refractivity contribution in [2.45, 2.75) is 12.5 Å². The van der Waals surface area contributed by atoms with Gasteiger partial charge >= 0.3 is 5.97 Å². The van der Waals surface area contributed by atoms with E-state index in [1.807, 2.05) is 6.26 Å². The summed E-state index contributed by atoms with van der Waals surface area (Å²) in [6.07, 6.45) is 3.64. The molecule has 0 saturated heterocycles. The molecule has 1 heterocycles. The number of furan rings is 1. The molecule has 1 aromatic heterocycles. The Morgan fingerprint density at radius 3 is 2.88 bits per heavy atom. The van der Waals surface area contributed by atoms with Crippen molar-refractivity contribution in [3.8, 4) is 0 Å². The van der Waals surface area contributed by atoms with Crippen LogP contribution in [0.4, 0.5) is 0 Å². The molecular weight excluding hydrogens is 230 g/mol. The number of thioether (sulfide) groups is 1. The van der Waals surface area contributed by atoms with Gasteiger partial charge in [-0.3, -0.25) is 4.79 Å². The molecule has 0 unspecified atom stereocenters. The van der Waals surface area contributed by atoms with Crippen molar-refractivity contribution in [3.63, 3.8) is 0 Å². The molecule has 6 heteroatoms. The highest BCUT2D eigenvalue weighted by Gasteiger charge is 2.21. The van der Waals surface area contributed by atoms with Crippen molar-refractivity contribution in [2.24, 2.45) is 0 Å². The summed E-state index contributed by atoms with van der Waals surface area (Å²) in [7, 11) is 0. The minimum absolute atomic E-state index is 0.121. The third-order valence-corrected chi connectivity index (χ3v) is 2.60. The van der Waals surface area contributed by atoms with Crippen LogP contribution in [0, 0.1) is 0 Å². The largest absolute Gasteiger partial charge is 0.480 e. The van der Waals surface area contributed by atoms with Crippen molar-refractivity contribution in [2.75, 3.05) is 12.0 Å². The molecule has 5 nitrogen and oxygen atoms in total. The maximum absolute atomic E-state index is 11.5. The van der Waals surface area contributed by atoms with E-state index >= 15 is 0 Å². The van der Waals surface area contributed by atoms with Crippen LogP contribution in [0.2, 0.25) is 0 Å². The van der Waals surface area contributed by atoms with Crippen LogP contribution < -0.4 is 5.32 Å². The molecule has 0 bridgehead atoms. The predicted octanol–water partition coefficient (Wildman–Crippen LogP) is 1.22. The average Bonchev–Trinajstić information content (AvgIpc) is 2.76. The molecule has 0 aliphatic rings. The van der Waals surface area contributed by atoms with Gasteiger partial charge in [0.2, 0.25) is 0 Å². The summed E-state index contributed by atoms with van der Waals surface area (Å²) in [4.78, 5) is 22.4. The van der Waals surface area contributed by atoms with Crippen LogP contribution >= 0.6 is 11.8 Å². The number of hydrogen-bond acceptors (Lipinski definition) is 4. The van der Waals surface area contributed by atoms with E-state index in [1.165, 1.54) is 24.1 Å². The standard InChI is InChI=1S/C10H13NO4S/c1-16-6-4-7(10(13)14)11-9(12)8-3-2-5-15-8/h2-3,5,7H,4,6H2,1H3,(H,11,12)(H,13,14)/t7-/m0/s1. The molecule has 0 spiro atoms. The van der Waals surface area contributed by atoms with E-state index in [-0.39, 0.29) is 5.76 Å². The maximum Gasteiger partial charge on any atom is 0.326 e. The van der Waals surface area contributed by atoms with Gasteiger partial charge < -0.3 is 14.8 Å². The number of aliphatic carboxylic acids is 1. The quantitative estimate of drug-likeness (QED) is 0.785. The molecule has 16 heavy (non-hydrogen) atoms. The second-order valence-electron chi connectivity index (χ2n) is 3.12. The molecule has 2 N–H and O–H groups in total. The van der Waals surface area contributed by atoms with Gasteiger partial charge in [0, 0.05) is 0 Å². The van der Waals surface area contributed by atoms with Crippen molar-refractivity contribution in [1.29, 1.82) is 0 Å². The van der Waals surface area contributed by atoms with Gasteiger partial charge in [-0.15, -0.1) is 0 Å². The van der Waals surface area contributed by atoms with Crippen LogP contribution in [-0.4, -0.2) is 35.0 Å². The fourth-order valence-corrected chi connectivity index (χ4v) is 1.60. The lowest BCUT2D eigenvalue weighted by Gasteiger charge is -2.12. The summed E-state index contributed by atoms with van der Waals surface area (Å²) >= 11 is 1.53. The van der Waals surface area contributed by atoms with Gasteiger partial charge in [-0.1, -0.05) is 0 Å². The molecule has 1 aromatic rings. The van der Waals surface area contributed by atoms with Gasteiger partial charge in [-0.2, -0.15) is 11.8 Å². The molecule has 0 fully saturated rings. The van der Waals surface area contributed by atoms with Gasteiger partial charge in [0.25, 0.3) is 5.91 Å². The second kappa shape index (κ2) is 6.22. The van der Waals surface area contributed by atoms with E-state index in [1.54, 1.807) is 6.07 Å². The second-order valence-corrected chi connectivity index (χ2v) is 4.11. The number of rotatable bonds is 6. The Labute approximate surface area is 97.2 Å². The predicted molar refractivity (Wildman–Crippen MR) is 60.6 cm³/mol. The first-order valence-corrected chi connectivity index (χ1v) is 6.10. The zero-order valence-corrected chi connectivity index (χ0v) is 9.62. The minimum atomic E-state index is -1.03. The van der Waals surface area contributed by atoms with Crippen molar-refractivity contribution in [3.05, 3.63) is 24.2 Å². The highest BCUT2D eigenvalue weighted by atomic mass is 32.2. The minimum Gasteiger partial charge on any atom is -0.480 e. The van der Waals surface area contributed by atoms with Crippen molar-refractivity contribution < 1.29 is 19.1 Å². The van der Waals surface area contributed by atoms with Crippen LogP contribution in [0.25, 0.3) is 0 Å². The fourth-order valence-electron chi connectivity index (χ4n) is 1.13. The van der Waals surface area contributed by atoms with E-state index < -0.39 is 17.9 Å². The molecule has 0 aliphatic carbocycles. The molecule has 1 rings (SSSR count). The van der Waals surface area contributed by atoms with Gasteiger partial charge in [-0.25, -0.2) is 4.79 Å². The normalized spacial score (nSPS) is 12.1. The average molecular weight is 243 g/mol. The number of carbonyl (C=O) groups is 2. The lowest BCUT2D eigenvalue weighted by Crippen LogP contribution is -2.41. The smallest absolute Gasteiger partial charge is 0.326 e. The summed E-state index contributed by atoms with van der Waals surface area (Å²) in [5.41, 5.74) is 0. The van der Waals surface area contributed by atoms with Crippen LogP contribution in [0.15, 0.2) is 22.8 Å². The molecule has 0 aromatic carbocycles. The molecule has 0 radical (unpaired) electrons. The van der Waals surface area contributed by atoms with E-state index in [4.69, 9.17) is 9.52 Å². The SMILES string of the molecule is CSCC[C@H](NC(=O)c1ccco1)C(=O)O. The number of nitrogens with one attached hydrogen (secondary N) is 1. The third kappa shape index (κ3) is 3.62. The summed E-state index contributed by atoms with van der Waals surface area (Å²) in [5, 5.41) is 11.3. The van der Waals surface area contributed by atoms with E-state index in [2.05, 4.69) is 5.32 Å². The van der Waals surface area contributed by atoms with Crippen LogP contribution in [0.5, 0.6) is 0 Å². The van der Waals surface area contributed by atoms with E-state index in [0.717, 1.165) is 0 Å². The maximum atomic E-state index is 11.5. The molecule has 1 amide bonds. The number of carbonyl (C=O) groups excluding carboxylic acids is 1. The van der Waals surface area contributed by atoms with Crippen LogP contribution in [0.3, 0.4) is 0 Å². The Morgan fingerprint density at radius 1 is 1.62 bits per heavy atom. The Balaban J connectivity index is 2.54. The first-order valence-electron chi connectivity index (χ1n) is 4.71. The number of carboxylic acid groups (broad SMARTS) is 1. The van der Waals surface area contributed by atoms with Crippen LogP contribution in [-0.2, 0) is 4.79 Å². The number of carboxylic acids is 1. The van der Waals surface area contributed by atoms with Gasteiger partial charge in [-0.05, 0) is 30.6 Å². The Hall–Kier alpha value is -1.43. The summed E-state index contributed by atoms with van der Waals surface area (Å²) in [5.74, 6) is -0.738. The van der Waals surface area contributed by atoms with Crippen molar-refractivity contribution in [1.82, 2.24) is 5.32 Å². The van der Waals surface area contributed by atoms with Crippen LogP contribution in [0.1, 0.15) is 17.0 Å². The monoisotopic (exact) mass is 243 g/mol. The Morgan fingerprint density at radius 2 is 2.38 bits per heavy atom. The first kappa shape index (κ1) is 12.6. The van der Waals surface area contributed by atoms with Crippen molar-refractivity contribution >= 4 is 23.6 Å². The van der Waals surface area contributed by atoms with E-state index in [9.17, 15) is 9.59 Å². The molecular formula is C10H13NO4S. The summed E-state index contributed by atoms with van der Waals surface area (Å²) in [6.45, 7) is 0. The lowest BCUT2D eigenvalue weighted by atomic mass is 10.2. The third-order valence-electron chi connectivity index (χ3n) is 1.96. The van der Waals surface area contributed by atoms with Gasteiger partial charge in [0.15, 0.2) is 5.76 Å². The molecule has 0 aliphatic heterocycles. The van der Waals surface area contributed by atoms with Gasteiger partial charge in [0.05, 0.1) is 6.26 Å². The number of hydrogen-bond donors (Lipinski definition) is 2. The Bertz CT molecular complexity index is 350. The van der Waals surface area contributed by atoms with E-state index in [0.29, 0.717) is 12.2 Å². The molecule has 88 valence electrons. The first-order chi connectivity index (χ1) is 7.65. The zero-order valence-electron chi connectivity index (χ0n) is 8.80. The molecule has 1 atom stereocenters.